The van der Waals surface area contributed by atoms with E-state index in [9.17, 15) is 22.8 Å². The van der Waals surface area contributed by atoms with Crippen molar-refractivity contribution in [1.29, 1.82) is 0 Å². The normalized spacial score (nSPS) is 17.6. The lowest BCUT2D eigenvalue weighted by Gasteiger charge is -2.40. The maximum Gasteiger partial charge on any atom is 0.407 e. The molecule has 168 valence electrons. The average Bonchev–Trinajstić information content (AvgIpc) is 2.60. The molecule has 1 aromatic rings. The van der Waals surface area contributed by atoms with E-state index >= 15 is 0 Å². The van der Waals surface area contributed by atoms with Crippen LogP contribution in [0.2, 0.25) is 0 Å². The van der Waals surface area contributed by atoms with Gasteiger partial charge in [0.25, 0.3) is 0 Å². The molecule has 2 N–H and O–H groups in total. The first-order chi connectivity index (χ1) is 13.9. The summed E-state index contributed by atoms with van der Waals surface area (Å²) in [4.78, 5) is 28.2. The number of hydrogen-bond acceptors (Lipinski definition) is 5. The Balaban J connectivity index is 2.08. The first kappa shape index (κ1) is 23.6. The van der Waals surface area contributed by atoms with E-state index in [4.69, 9.17) is 4.74 Å². The minimum absolute atomic E-state index is 0.0838. The van der Waals surface area contributed by atoms with Crippen LogP contribution in [-0.2, 0) is 4.74 Å². The highest BCUT2D eigenvalue weighted by molar-refractivity contribution is 5.91. The number of amides is 3. The zero-order valence-corrected chi connectivity index (χ0v) is 17.4. The van der Waals surface area contributed by atoms with Crippen molar-refractivity contribution in [2.75, 3.05) is 38.5 Å². The predicted molar refractivity (Wildman–Crippen MR) is 104 cm³/mol. The molecule has 1 fully saturated rings. The third kappa shape index (κ3) is 7.29. The van der Waals surface area contributed by atoms with Gasteiger partial charge >= 0.3 is 18.7 Å². The molecule has 0 spiro atoms. The van der Waals surface area contributed by atoms with E-state index in [1.54, 1.807) is 20.8 Å². The van der Waals surface area contributed by atoms with Crippen molar-refractivity contribution in [3.8, 4) is 5.75 Å². The molecule has 1 heterocycles. The van der Waals surface area contributed by atoms with Gasteiger partial charge in [0.1, 0.15) is 11.4 Å². The van der Waals surface area contributed by atoms with Crippen LogP contribution in [-0.4, -0.2) is 73.4 Å². The van der Waals surface area contributed by atoms with Gasteiger partial charge in [-0.3, -0.25) is 0 Å². The molecule has 1 aromatic carbocycles. The Morgan fingerprint density at radius 1 is 1.27 bits per heavy atom. The van der Waals surface area contributed by atoms with Crippen LogP contribution in [0.4, 0.5) is 28.4 Å². The Kier molecular flexibility index (Phi) is 7.77. The summed E-state index contributed by atoms with van der Waals surface area (Å²) in [6.45, 7) is 3.59. The summed E-state index contributed by atoms with van der Waals surface area (Å²) in [6, 6.07) is 1.97. The fraction of sp³-hybridized carbons (Fsp3) is 0.579. The largest absolute Gasteiger partial charge is 0.444 e. The van der Waals surface area contributed by atoms with E-state index in [2.05, 4.69) is 15.4 Å². The summed E-state index contributed by atoms with van der Waals surface area (Å²) in [5.74, 6) is -1.25. The van der Waals surface area contributed by atoms with Gasteiger partial charge in [-0.05, 0) is 40.0 Å². The van der Waals surface area contributed by atoms with Crippen LogP contribution >= 0.6 is 0 Å². The molecule has 0 aliphatic carbocycles. The van der Waals surface area contributed by atoms with Crippen LogP contribution in [0.1, 0.15) is 20.8 Å². The van der Waals surface area contributed by atoms with Gasteiger partial charge in [0.2, 0.25) is 0 Å². The van der Waals surface area contributed by atoms with Gasteiger partial charge in [-0.2, -0.15) is 8.78 Å². The van der Waals surface area contributed by atoms with Gasteiger partial charge in [0, 0.05) is 32.2 Å². The highest BCUT2D eigenvalue weighted by Gasteiger charge is 2.30. The summed E-state index contributed by atoms with van der Waals surface area (Å²) < 4.78 is 48.1. The lowest BCUT2D eigenvalue weighted by atomic mass is 10.1. The van der Waals surface area contributed by atoms with Gasteiger partial charge in [0.15, 0.2) is 5.75 Å². The van der Waals surface area contributed by atoms with Crippen molar-refractivity contribution in [2.24, 2.45) is 0 Å². The van der Waals surface area contributed by atoms with Gasteiger partial charge in [-0.15, -0.1) is 0 Å². The van der Waals surface area contributed by atoms with Crippen LogP contribution in [0, 0.1) is 5.82 Å². The number of anilines is 1. The number of nitrogens with zero attached hydrogens (tertiary/aromatic N) is 2. The van der Waals surface area contributed by atoms with Crippen molar-refractivity contribution >= 4 is 17.8 Å². The smallest absolute Gasteiger partial charge is 0.407 e. The molecule has 8 nitrogen and oxygen atoms in total. The Hall–Kier alpha value is -2.69. The zero-order chi connectivity index (χ0) is 22.5. The summed E-state index contributed by atoms with van der Waals surface area (Å²) in [5.41, 5.74) is -0.742. The number of rotatable bonds is 5. The number of urea groups is 1. The monoisotopic (exact) mass is 432 g/mol. The highest BCUT2D eigenvalue weighted by Crippen LogP contribution is 2.27. The molecular weight excluding hydrogens is 405 g/mol. The molecule has 1 aliphatic heterocycles. The van der Waals surface area contributed by atoms with Crippen LogP contribution in [0.25, 0.3) is 0 Å². The van der Waals surface area contributed by atoms with Gasteiger partial charge in [-0.25, -0.2) is 14.0 Å². The number of nitrogens with one attached hydrogen (secondary N) is 2. The highest BCUT2D eigenvalue weighted by atomic mass is 19.3. The summed E-state index contributed by atoms with van der Waals surface area (Å²) >= 11 is 0. The van der Waals surface area contributed by atoms with E-state index in [1.807, 2.05) is 11.9 Å². The zero-order valence-electron chi connectivity index (χ0n) is 17.4. The first-order valence-electron chi connectivity index (χ1n) is 9.42. The molecule has 2 rings (SSSR count). The van der Waals surface area contributed by atoms with Crippen LogP contribution in [0.5, 0.6) is 5.75 Å². The number of ether oxygens (including phenoxy) is 2. The molecule has 0 saturated carbocycles. The molecule has 1 saturated heterocycles. The standard InChI is InChI=1S/C19H27F3N4O4/c1-19(2,3)30-18(28)23-10-13-11-25(4)7-8-26(13)17(27)24-14-6-5-12(20)9-15(14)29-16(21)22/h5-6,9,13,16H,7-8,10-11H2,1-4H3,(H,23,28)(H,24,27)/t13-/m0/s1. The third-order valence-electron chi connectivity index (χ3n) is 4.23. The average molecular weight is 432 g/mol. The summed E-state index contributed by atoms with van der Waals surface area (Å²) in [6.07, 6.45) is -0.609. The Labute approximate surface area is 173 Å². The van der Waals surface area contributed by atoms with E-state index in [0.717, 1.165) is 18.2 Å². The lowest BCUT2D eigenvalue weighted by molar-refractivity contribution is -0.0495. The second-order valence-corrected chi connectivity index (χ2v) is 7.94. The molecule has 1 aliphatic rings. The van der Waals surface area contributed by atoms with Crippen molar-refractivity contribution < 1.29 is 32.2 Å². The topological polar surface area (TPSA) is 83.1 Å². The van der Waals surface area contributed by atoms with Crippen LogP contribution < -0.4 is 15.4 Å². The van der Waals surface area contributed by atoms with E-state index < -0.39 is 41.9 Å². The third-order valence-corrected chi connectivity index (χ3v) is 4.23. The molecule has 3 amide bonds. The minimum atomic E-state index is -3.17. The van der Waals surface area contributed by atoms with Crippen molar-refractivity contribution in [2.45, 2.75) is 39.0 Å². The molecule has 1 atom stereocenters. The van der Waals surface area contributed by atoms with Crippen molar-refractivity contribution in [3.05, 3.63) is 24.0 Å². The first-order valence-corrected chi connectivity index (χ1v) is 9.42. The maximum absolute atomic E-state index is 13.4. The molecule has 0 aromatic heterocycles. The number of benzene rings is 1. The number of carbonyl (C=O) groups is 2. The number of hydrogen-bond donors (Lipinski definition) is 2. The number of halogens is 3. The Morgan fingerprint density at radius 3 is 2.60 bits per heavy atom. The number of alkyl halides is 2. The lowest BCUT2D eigenvalue weighted by Crippen LogP contribution is -2.59. The molecule has 0 unspecified atom stereocenters. The summed E-state index contributed by atoms with van der Waals surface area (Å²) in [5, 5.41) is 5.12. The summed E-state index contributed by atoms with van der Waals surface area (Å²) in [7, 11) is 1.88. The molecule has 0 bridgehead atoms. The van der Waals surface area contributed by atoms with Gasteiger partial charge in [-0.1, -0.05) is 0 Å². The van der Waals surface area contributed by atoms with Crippen LogP contribution in [0.3, 0.4) is 0 Å². The maximum atomic E-state index is 13.4. The number of likely N-dealkylation sites (N-methyl/N-ethyl adjacent to an activating group) is 1. The molecular formula is C19H27F3N4O4. The fourth-order valence-corrected chi connectivity index (χ4v) is 2.95. The second kappa shape index (κ2) is 9.88. The quantitative estimate of drug-likeness (QED) is 0.747. The molecule has 30 heavy (non-hydrogen) atoms. The number of alkyl carbamates (subject to hydrolysis) is 1. The number of piperazine rings is 1. The van der Waals surface area contributed by atoms with E-state index in [1.165, 1.54) is 4.90 Å². The van der Waals surface area contributed by atoms with Gasteiger partial charge < -0.3 is 29.9 Å². The Bertz CT molecular complexity index is 758. The second-order valence-electron chi connectivity index (χ2n) is 7.94. The van der Waals surface area contributed by atoms with Crippen LogP contribution in [0.15, 0.2) is 18.2 Å². The van der Waals surface area contributed by atoms with E-state index in [0.29, 0.717) is 19.6 Å². The molecule has 11 heteroatoms. The van der Waals surface area contributed by atoms with E-state index in [-0.39, 0.29) is 12.2 Å². The Morgan fingerprint density at radius 2 is 1.97 bits per heavy atom. The van der Waals surface area contributed by atoms with Crippen molar-refractivity contribution in [3.63, 3.8) is 0 Å². The minimum Gasteiger partial charge on any atom is -0.444 e. The predicted octanol–water partition coefficient (Wildman–Crippen LogP) is 3.10. The van der Waals surface area contributed by atoms with Crippen molar-refractivity contribution in [1.82, 2.24) is 15.1 Å². The van der Waals surface area contributed by atoms with Gasteiger partial charge in [0.05, 0.1) is 11.7 Å². The number of carbonyl (C=O) groups excluding carboxylic acids is 2. The fourth-order valence-electron chi connectivity index (χ4n) is 2.95. The SMILES string of the molecule is CN1CCN(C(=O)Nc2ccc(F)cc2OC(F)F)[C@@H](CNC(=O)OC(C)(C)C)C1. The molecule has 0 radical (unpaired) electrons.